The highest BCUT2D eigenvalue weighted by Gasteiger charge is 2.36. The number of aliphatic imine (C=N–C) groups is 1. The zero-order valence-electron chi connectivity index (χ0n) is 17.2. The number of β-amino-alcohol motifs (C(OH)–C–C–N with tert-alkyl or cyclic N) is 1. The molecule has 7 heteroatoms. The van der Waals surface area contributed by atoms with Gasteiger partial charge in [0.1, 0.15) is 5.82 Å². The molecule has 1 fully saturated rings. The van der Waals surface area contributed by atoms with E-state index in [2.05, 4.69) is 55.6 Å². The van der Waals surface area contributed by atoms with E-state index in [-0.39, 0.29) is 0 Å². The van der Waals surface area contributed by atoms with Gasteiger partial charge in [0.2, 0.25) is 0 Å². The van der Waals surface area contributed by atoms with Crippen molar-refractivity contribution >= 4 is 29.1 Å². The highest BCUT2D eigenvalue weighted by atomic mass is 16.3. The molecular formula is C24H22N6O. The van der Waals surface area contributed by atoms with Crippen LogP contribution >= 0.6 is 0 Å². The standard InChI is InChI=1S/C24H22N6O/c1-24(31)14-30(15-24)20-4-5-22(27-12-20)28-21-9-19(13-29-7-6-26-23(21)29)16-2-3-17-10-25-11-18(17)8-16/h2-10,12-13,31H,11,14-15H2,1H3,(H,27,28). The number of benzene rings is 1. The minimum Gasteiger partial charge on any atom is -0.386 e. The summed E-state index contributed by atoms with van der Waals surface area (Å²) in [5.41, 5.74) is 6.84. The Balaban J connectivity index is 1.31. The molecule has 2 aliphatic heterocycles. The van der Waals surface area contributed by atoms with Crippen LogP contribution in [0, 0.1) is 0 Å². The second-order valence-corrected chi connectivity index (χ2v) is 8.56. The number of aromatic nitrogens is 3. The van der Waals surface area contributed by atoms with Crippen molar-refractivity contribution in [2.75, 3.05) is 23.3 Å². The number of pyridine rings is 2. The van der Waals surface area contributed by atoms with E-state index in [1.807, 2.05) is 42.1 Å². The average Bonchev–Trinajstić information content (AvgIpc) is 3.41. The summed E-state index contributed by atoms with van der Waals surface area (Å²) in [5.74, 6) is 0.750. The van der Waals surface area contributed by atoms with Crippen molar-refractivity contribution in [2.24, 2.45) is 4.99 Å². The maximum absolute atomic E-state index is 9.96. The molecule has 154 valence electrons. The van der Waals surface area contributed by atoms with Gasteiger partial charge in [0.25, 0.3) is 0 Å². The van der Waals surface area contributed by atoms with Crippen LogP contribution in [0.2, 0.25) is 0 Å². The lowest BCUT2D eigenvalue weighted by Gasteiger charge is -2.45. The monoisotopic (exact) mass is 410 g/mol. The molecule has 4 aromatic rings. The third-order valence-electron chi connectivity index (χ3n) is 5.89. The number of aliphatic hydroxyl groups is 1. The summed E-state index contributed by atoms with van der Waals surface area (Å²) in [4.78, 5) is 15.6. The third-order valence-corrected chi connectivity index (χ3v) is 5.89. The Hall–Kier alpha value is -3.71. The summed E-state index contributed by atoms with van der Waals surface area (Å²) in [6, 6.07) is 12.6. The molecular weight excluding hydrogens is 388 g/mol. The van der Waals surface area contributed by atoms with Gasteiger partial charge in [0.15, 0.2) is 5.65 Å². The van der Waals surface area contributed by atoms with Crippen LogP contribution in [0.15, 0.2) is 66.2 Å². The lowest BCUT2D eigenvalue weighted by atomic mass is 9.96. The lowest BCUT2D eigenvalue weighted by Crippen LogP contribution is -2.60. The Morgan fingerprint density at radius 2 is 1.97 bits per heavy atom. The number of nitrogens with one attached hydrogen (secondary N) is 1. The van der Waals surface area contributed by atoms with Gasteiger partial charge in [-0.3, -0.25) is 4.99 Å². The zero-order chi connectivity index (χ0) is 21.0. The molecule has 0 unspecified atom stereocenters. The second kappa shape index (κ2) is 6.65. The molecule has 0 amide bonds. The van der Waals surface area contributed by atoms with E-state index in [9.17, 15) is 5.11 Å². The molecule has 0 radical (unpaired) electrons. The molecule has 3 aromatic heterocycles. The van der Waals surface area contributed by atoms with Crippen molar-refractivity contribution < 1.29 is 5.11 Å². The van der Waals surface area contributed by atoms with E-state index in [4.69, 9.17) is 0 Å². The molecule has 5 heterocycles. The Morgan fingerprint density at radius 3 is 2.77 bits per heavy atom. The van der Waals surface area contributed by atoms with Crippen molar-refractivity contribution in [3.63, 3.8) is 0 Å². The van der Waals surface area contributed by atoms with Crippen LogP contribution in [-0.2, 0) is 6.54 Å². The summed E-state index contributed by atoms with van der Waals surface area (Å²) in [6.45, 7) is 3.85. The van der Waals surface area contributed by atoms with E-state index >= 15 is 0 Å². The van der Waals surface area contributed by atoms with E-state index < -0.39 is 5.60 Å². The fourth-order valence-electron chi connectivity index (χ4n) is 4.32. The molecule has 7 nitrogen and oxygen atoms in total. The number of imidazole rings is 1. The van der Waals surface area contributed by atoms with E-state index in [0.717, 1.165) is 40.5 Å². The Bertz CT molecular complexity index is 1310. The van der Waals surface area contributed by atoms with Gasteiger partial charge in [-0.1, -0.05) is 12.1 Å². The average molecular weight is 410 g/mol. The maximum Gasteiger partial charge on any atom is 0.160 e. The molecule has 0 bridgehead atoms. The fourth-order valence-corrected chi connectivity index (χ4v) is 4.32. The van der Waals surface area contributed by atoms with Crippen molar-refractivity contribution in [3.05, 3.63) is 72.3 Å². The molecule has 0 spiro atoms. The largest absolute Gasteiger partial charge is 0.386 e. The van der Waals surface area contributed by atoms with E-state index in [0.29, 0.717) is 13.1 Å². The summed E-state index contributed by atoms with van der Waals surface area (Å²) in [7, 11) is 0. The number of fused-ring (bicyclic) bond motifs is 2. The summed E-state index contributed by atoms with van der Waals surface area (Å²) >= 11 is 0. The van der Waals surface area contributed by atoms with Gasteiger partial charge < -0.3 is 19.7 Å². The number of rotatable bonds is 4. The molecule has 0 aliphatic carbocycles. The van der Waals surface area contributed by atoms with Crippen molar-refractivity contribution in [1.29, 1.82) is 0 Å². The van der Waals surface area contributed by atoms with Crippen molar-refractivity contribution in [1.82, 2.24) is 14.4 Å². The van der Waals surface area contributed by atoms with Gasteiger partial charge in [-0.2, -0.15) is 0 Å². The van der Waals surface area contributed by atoms with Crippen LogP contribution in [0.4, 0.5) is 17.2 Å². The first-order valence-corrected chi connectivity index (χ1v) is 10.3. The van der Waals surface area contributed by atoms with Gasteiger partial charge in [0.05, 0.1) is 29.7 Å². The Morgan fingerprint density at radius 1 is 1.06 bits per heavy atom. The topological polar surface area (TPSA) is 78.0 Å². The van der Waals surface area contributed by atoms with Gasteiger partial charge in [0, 0.05) is 43.5 Å². The Kier molecular flexibility index (Phi) is 3.88. The quantitative estimate of drug-likeness (QED) is 0.537. The van der Waals surface area contributed by atoms with Gasteiger partial charge in [-0.25, -0.2) is 9.97 Å². The SMILES string of the molecule is CC1(O)CN(c2ccc(Nc3cc(-c4ccc5c(c4)CN=C5)cn4ccnc34)nc2)C1. The molecule has 2 N–H and O–H groups in total. The van der Waals surface area contributed by atoms with Crippen LogP contribution in [0.3, 0.4) is 0 Å². The minimum absolute atomic E-state index is 0.604. The van der Waals surface area contributed by atoms with Crippen LogP contribution < -0.4 is 10.2 Å². The number of anilines is 3. The number of nitrogens with zero attached hydrogens (tertiary/aromatic N) is 5. The normalized spacial score (nSPS) is 16.4. The molecule has 0 atom stereocenters. The highest BCUT2D eigenvalue weighted by Crippen LogP contribution is 2.31. The number of hydrogen-bond donors (Lipinski definition) is 2. The zero-order valence-corrected chi connectivity index (χ0v) is 17.2. The fraction of sp³-hybridized carbons (Fsp3) is 0.208. The molecule has 0 saturated carbocycles. The van der Waals surface area contributed by atoms with E-state index in [1.165, 1.54) is 11.1 Å². The van der Waals surface area contributed by atoms with Gasteiger partial charge in [-0.15, -0.1) is 0 Å². The maximum atomic E-state index is 9.96. The lowest BCUT2D eigenvalue weighted by molar-refractivity contribution is 0.0310. The molecule has 1 aromatic carbocycles. The van der Waals surface area contributed by atoms with Crippen molar-refractivity contribution in [2.45, 2.75) is 19.1 Å². The van der Waals surface area contributed by atoms with Crippen LogP contribution in [0.1, 0.15) is 18.1 Å². The first-order valence-electron chi connectivity index (χ1n) is 10.3. The second-order valence-electron chi connectivity index (χ2n) is 8.56. The summed E-state index contributed by atoms with van der Waals surface area (Å²) in [5, 5.41) is 13.4. The first-order chi connectivity index (χ1) is 15.0. The van der Waals surface area contributed by atoms with Crippen LogP contribution in [0.25, 0.3) is 16.8 Å². The highest BCUT2D eigenvalue weighted by molar-refractivity contribution is 5.86. The van der Waals surface area contributed by atoms with E-state index in [1.54, 1.807) is 6.20 Å². The molecule has 31 heavy (non-hydrogen) atoms. The number of hydrogen-bond acceptors (Lipinski definition) is 6. The predicted octanol–water partition coefficient (Wildman–Crippen LogP) is 3.64. The smallest absolute Gasteiger partial charge is 0.160 e. The predicted molar refractivity (Wildman–Crippen MR) is 122 cm³/mol. The summed E-state index contributed by atoms with van der Waals surface area (Å²) < 4.78 is 2.03. The summed E-state index contributed by atoms with van der Waals surface area (Å²) in [6.07, 6.45) is 9.61. The molecule has 6 rings (SSSR count). The minimum atomic E-state index is -0.604. The third kappa shape index (κ3) is 3.23. The Labute approximate surface area is 179 Å². The first kappa shape index (κ1) is 18.1. The van der Waals surface area contributed by atoms with Gasteiger partial charge in [-0.05, 0) is 47.9 Å². The van der Waals surface area contributed by atoms with Crippen LogP contribution in [-0.4, -0.2) is 44.4 Å². The van der Waals surface area contributed by atoms with Gasteiger partial charge >= 0.3 is 0 Å². The van der Waals surface area contributed by atoms with Crippen molar-refractivity contribution in [3.8, 4) is 11.1 Å². The molecule has 2 aliphatic rings. The van der Waals surface area contributed by atoms with Crippen LogP contribution in [0.5, 0.6) is 0 Å². The molecule has 1 saturated heterocycles.